The lowest BCUT2D eigenvalue weighted by Gasteiger charge is -2.15. The zero-order valence-corrected chi connectivity index (χ0v) is 12.5. The molecule has 1 atom stereocenters. The van der Waals surface area contributed by atoms with E-state index in [2.05, 4.69) is 15.0 Å². The Balaban J connectivity index is 1.80. The maximum atomic E-state index is 11.7. The molecule has 0 aliphatic rings. The van der Waals surface area contributed by atoms with Crippen molar-refractivity contribution >= 4 is 33.3 Å². The van der Waals surface area contributed by atoms with Crippen LogP contribution in [0.3, 0.4) is 0 Å². The van der Waals surface area contributed by atoms with Crippen LogP contribution < -0.4 is 16.4 Å². The maximum absolute atomic E-state index is 11.7. The van der Waals surface area contributed by atoms with Crippen molar-refractivity contribution in [2.24, 2.45) is 11.7 Å². The highest BCUT2D eigenvalue weighted by Crippen LogP contribution is 2.25. The van der Waals surface area contributed by atoms with Gasteiger partial charge in [-0.3, -0.25) is 4.79 Å². The van der Waals surface area contributed by atoms with Gasteiger partial charge in [-0.05, 0) is 29.6 Å². The van der Waals surface area contributed by atoms with E-state index in [0.29, 0.717) is 13.1 Å². The largest absolute Gasteiger partial charge is 0.367 e. The minimum absolute atomic E-state index is 0.107. The number of nitrogens with zero attached hydrogens (tertiary/aromatic N) is 1. The standard InChI is InChI=1S/C14H20N4OS/c1-9(2)12(15)14(19)17-8-7-16-13-10-5-3-4-6-11(10)20-18-13/h3-6,9,12H,7-8,15H2,1-2H3,(H,16,18)(H,17,19)/t12-/m0/s1. The Kier molecular flexibility index (Phi) is 4.92. The van der Waals surface area contributed by atoms with Gasteiger partial charge in [0.1, 0.15) is 5.82 Å². The van der Waals surface area contributed by atoms with Gasteiger partial charge in [-0.1, -0.05) is 26.0 Å². The topological polar surface area (TPSA) is 80.0 Å². The van der Waals surface area contributed by atoms with Crippen LogP contribution in [0.25, 0.3) is 10.1 Å². The molecule has 0 radical (unpaired) electrons. The fourth-order valence-corrected chi connectivity index (χ4v) is 2.56. The van der Waals surface area contributed by atoms with Crippen molar-refractivity contribution in [3.05, 3.63) is 24.3 Å². The molecule has 1 aromatic heterocycles. The van der Waals surface area contributed by atoms with E-state index >= 15 is 0 Å². The van der Waals surface area contributed by atoms with Crippen molar-refractivity contribution in [2.75, 3.05) is 18.4 Å². The van der Waals surface area contributed by atoms with Crippen molar-refractivity contribution in [1.82, 2.24) is 9.69 Å². The number of carbonyl (C=O) groups excluding carboxylic acids is 1. The van der Waals surface area contributed by atoms with E-state index in [9.17, 15) is 4.79 Å². The number of fused-ring (bicyclic) bond motifs is 1. The summed E-state index contributed by atoms with van der Waals surface area (Å²) in [5.41, 5.74) is 5.77. The van der Waals surface area contributed by atoms with Crippen LogP contribution in [0.4, 0.5) is 5.82 Å². The van der Waals surface area contributed by atoms with Crippen molar-refractivity contribution in [3.63, 3.8) is 0 Å². The predicted octanol–water partition coefficient (Wildman–Crippen LogP) is 1.81. The number of rotatable bonds is 6. The molecule has 0 aliphatic carbocycles. The Labute approximate surface area is 122 Å². The van der Waals surface area contributed by atoms with Crippen LogP contribution in [0.2, 0.25) is 0 Å². The molecule has 0 bridgehead atoms. The predicted molar refractivity (Wildman–Crippen MR) is 83.9 cm³/mol. The normalized spacial score (nSPS) is 12.6. The second-order valence-electron chi connectivity index (χ2n) is 5.01. The number of nitrogens with one attached hydrogen (secondary N) is 2. The lowest BCUT2D eigenvalue weighted by molar-refractivity contribution is -0.123. The molecule has 0 fully saturated rings. The number of anilines is 1. The maximum Gasteiger partial charge on any atom is 0.237 e. The van der Waals surface area contributed by atoms with E-state index in [1.165, 1.54) is 11.5 Å². The van der Waals surface area contributed by atoms with E-state index in [-0.39, 0.29) is 11.8 Å². The quantitative estimate of drug-likeness (QED) is 0.709. The number of nitrogens with two attached hydrogens (primary N) is 1. The van der Waals surface area contributed by atoms with Gasteiger partial charge in [0.05, 0.1) is 10.7 Å². The summed E-state index contributed by atoms with van der Waals surface area (Å²) in [5.74, 6) is 0.906. The van der Waals surface area contributed by atoms with Crippen LogP contribution in [0, 0.1) is 5.92 Å². The van der Waals surface area contributed by atoms with E-state index in [4.69, 9.17) is 5.73 Å². The first-order chi connectivity index (χ1) is 9.59. The molecular weight excluding hydrogens is 272 g/mol. The molecule has 1 heterocycles. The molecule has 1 amide bonds. The summed E-state index contributed by atoms with van der Waals surface area (Å²) in [5, 5.41) is 7.17. The lowest BCUT2D eigenvalue weighted by atomic mass is 10.1. The molecule has 20 heavy (non-hydrogen) atoms. The Morgan fingerprint density at radius 3 is 2.85 bits per heavy atom. The molecule has 2 aromatic rings. The minimum Gasteiger partial charge on any atom is -0.367 e. The van der Waals surface area contributed by atoms with Crippen LogP contribution in [-0.2, 0) is 4.79 Å². The van der Waals surface area contributed by atoms with Crippen molar-refractivity contribution in [1.29, 1.82) is 0 Å². The zero-order valence-electron chi connectivity index (χ0n) is 11.7. The number of hydrogen-bond donors (Lipinski definition) is 3. The Hall–Kier alpha value is -1.66. The van der Waals surface area contributed by atoms with Gasteiger partial charge >= 0.3 is 0 Å². The van der Waals surface area contributed by atoms with Crippen molar-refractivity contribution < 1.29 is 4.79 Å². The first-order valence-electron chi connectivity index (χ1n) is 6.71. The molecule has 2 rings (SSSR count). The Bertz CT molecular complexity index is 581. The van der Waals surface area contributed by atoms with E-state index in [1.54, 1.807) is 0 Å². The molecule has 0 saturated heterocycles. The third-order valence-electron chi connectivity index (χ3n) is 3.12. The summed E-state index contributed by atoms with van der Waals surface area (Å²) in [6.07, 6.45) is 0. The van der Waals surface area contributed by atoms with Crippen LogP contribution in [-0.4, -0.2) is 29.4 Å². The molecule has 6 heteroatoms. The number of aromatic nitrogens is 1. The third kappa shape index (κ3) is 3.46. The smallest absolute Gasteiger partial charge is 0.237 e. The molecule has 1 aromatic carbocycles. The van der Waals surface area contributed by atoms with Gasteiger partial charge in [0, 0.05) is 18.5 Å². The van der Waals surface area contributed by atoms with Gasteiger partial charge < -0.3 is 16.4 Å². The van der Waals surface area contributed by atoms with Crippen LogP contribution in [0.15, 0.2) is 24.3 Å². The first kappa shape index (κ1) is 14.7. The monoisotopic (exact) mass is 292 g/mol. The van der Waals surface area contributed by atoms with Gasteiger partial charge in [-0.15, -0.1) is 0 Å². The van der Waals surface area contributed by atoms with Crippen LogP contribution in [0.1, 0.15) is 13.8 Å². The van der Waals surface area contributed by atoms with Gasteiger partial charge in [0.2, 0.25) is 5.91 Å². The first-order valence-corrected chi connectivity index (χ1v) is 7.48. The Morgan fingerprint density at radius 1 is 1.35 bits per heavy atom. The second kappa shape index (κ2) is 6.67. The van der Waals surface area contributed by atoms with Crippen LogP contribution in [0.5, 0.6) is 0 Å². The average molecular weight is 292 g/mol. The number of hydrogen-bond acceptors (Lipinski definition) is 5. The fraction of sp³-hybridized carbons (Fsp3) is 0.429. The summed E-state index contributed by atoms with van der Waals surface area (Å²) in [6, 6.07) is 7.62. The molecule has 0 spiro atoms. The Morgan fingerprint density at radius 2 is 2.10 bits per heavy atom. The third-order valence-corrected chi connectivity index (χ3v) is 3.94. The van der Waals surface area contributed by atoms with Crippen molar-refractivity contribution in [3.8, 4) is 0 Å². The number of carbonyl (C=O) groups is 1. The molecule has 5 nitrogen and oxygen atoms in total. The molecule has 108 valence electrons. The lowest BCUT2D eigenvalue weighted by Crippen LogP contribution is -2.45. The minimum atomic E-state index is -0.449. The summed E-state index contributed by atoms with van der Waals surface area (Å²) in [4.78, 5) is 11.7. The van der Waals surface area contributed by atoms with Crippen LogP contribution >= 0.6 is 11.5 Å². The van der Waals surface area contributed by atoms with E-state index in [1.807, 2.05) is 38.1 Å². The summed E-state index contributed by atoms with van der Waals surface area (Å²) in [7, 11) is 0. The van der Waals surface area contributed by atoms with Gasteiger partial charge in [-0.2, -0.15) is 4.37 Å². The van der Waals surface area contributed by atoms with Crippen molar-refractivity contribution in [2.45, 2.75) is 19.9 Å². The van der Waals surface area contributed by atoms with Gasteiger partial charge in [0.25, 0.3) is 0 Å². The average Bonchev–Trinajstić information content (AvgIpc) is 2.85. The SMILES string of the molecule is CC(C)[C@H](N)C(=O)NCCNc1nsc2ccccc12. The molecule has 0 aliphatic heterocycles. The highest BCUT2D eigenvalue weighted by Gasteiger charge is 2.16. The van der Waals surface area contributed by atoms with Gasteiger partial charge in [-0.25, -0.2) is 0 Å². The second-order valence-corrected chi connectivity index (χ2v) is 5.82. The van der Waals surface area contributed by atoms with E-state index in [0.717, 1.165) is 15.9 Å². The molecule has 4 N–H and O–H groups in total. The van der Waals surface area contributed by atoms with E-state index < -0.39 is 6.04 Å². The zero-order chi connectivity index (χ0) is 14.5. The highest BCUT2D eigenvalue weighted by molar-refractivity contribution is 7.13. The highest BCUT2D eigenvalue weighted by atomic mass is 32.1. The number of amides is 1. The summed E-state index contributed by atoms with van der Waals surface area (Å²) < 4.78 is 5.52. The fourth-order valence-electron chi connectivity index (χ4n) is 1.80. The number of benzene rings is 1. The molecule has 0 saturated carbocycles. The summed E-state index contributed by atoms with van der Waals surface area (Å²) >= 11 is 1.47. The van der Waals surface area contributed by atoms with Gasteiger partial charge in [0.15, 0.2) is 0 Å². The summed E-state index contributed by atoms with van der Waals surface area (Å²) in [6.45, 7) is 5.03. The molecular formula is C14H20N4OS. The molecule has 0 unspecified atom stereocenters.